The summed E-state index contributed by atoms with van der Waals surface area (Å²) in [6, 6.07) is 31.2. The van der Waals surface area contributed by atoms with Crippen molar-refractivity contribution >= 4 is 28.6 Å². The lowest BCUT2D eigenvalue weighted by Gasteiger charge is -2.46. The number of nitriles is 1. The number of fused-ring (bicyclic) bond motifs is 2. The van der Waals surface area contributed by atoms with Gasteiger partial charge in [-0.1, -0.05) is 84.9 Å². The molecule has 0 aromatic heterocycles. The van der Waals surface area contributed by atoms with Crippen molar-refractivity contribution in [2.75, 3.05) is 26.7 Å². The van der Waals surface area contributed by atoms with Crippen molar-refractivity contribution in [2.24, 2.45) is 0 Å². The van der Waals surface area contributed by atoms with Gasteiger partial charge in [0.2, 0.25) is 5.91 Å². The molecule has 10 heteroatoms. The first kappa shape index (κ1) is 28.7. The van der Waals surface area contributed by atoms with E-state index in [1.165, 1.54) is 5.01 Å². The van der Waals surface area contributed by atoms with Gasteiger partial charge in [-0.15, -0.1) is 0 Å². The van der Waals surface area contributed by atoms with Crippen LogP contribution in [0.25, 0.3) is 10.8 Å². The summed E-state index contributed by atoms with van der Waals surface area (Å²) in [6.07, 6.45) is -0.652. The molecule has 2 atom stereocenters. The minimum absolute atomic E-state index is 0.138. The molecule has 0 bridgehead atoms. The monoisotopic (exact) mass is 588 g/mol. The highest BCUT2D eigenvalue weighted by Gasteiger charge is 2.52. The summed E-state index contributed by atoms with van der Waals surface area (Å²) in [7, 11) is 1.58. The standard InChI is InChI=1S/C34H32N6O4/c1-44-28-16-14-24(15-17-28)20-36-34(43)38(19-18-35)39-23-31(41)40-30(39)22-37(33(42)32(40)26-9-3-2-4-10-26)21-27-12-7-11-25-8-5-6-13-29(25)27/h2-17,30,32H,19-23H2,1H3,(H,36,43)/t30-,32+/m1/s1. The molecular weight excluding hydrogens is 556 g/mol. The van der Waals surface area contributed by atoms with Crippen LogP contribution in [0, 0.1) is 11.3 Å². The molecule has 0 spiro atoms. The number of amides is 4. The van der Waals surface area contributed by atoms with Crippen LogP contribution in [0.15, 0.2) is 97.1 Å². The van der Waals surface area contributed by atoms with E-state index >= 15 is 0 Å². The molecule has 2 saturated heterocycles. The lowest BCUT2D eigenvalue weighted by atomic mass is 9.99. The van der Waals surface area contributed by atoms with E-state index in [0.717, 1.165) is 21.9 Å². The van der Waals surface area contributed by atoms with Crippen LogP contribution in [0.3, 0.4) is 0 Å². The van der Waals surface area contributed by atoms with Crippen molar-refractivity contribution in [3.05, 3.63) is 114 Å². The molecule has 0 unspecified atom stereocenters. The molecule has 2 aliphatic rings. The third kappa shape index (κ3) is 5.53. The molecule has 4 aromatic carbocycles. The number of carbonyl (C=O) groups is 3. The van der Waals surface area contributed by atoms with Crippen molar-refractivity contribution in [2.45, 2.75) is 25.3 Å². The van der Waals surface area contributed by atoms with Crippen LogP contribution in [-0.4, -0.2) is 70.6 Å². The van der Waals surface area contributed by atoms with E-state index in [9.17, 15) is 19.6 Å². The van der Waals surface area contributed by atoms with Gasteiger partial charge in [-0.3, -0.25) is 9.59 Å². The van der Waals surface area contributed by atoms with Gasteiger partial charge in [0.1, 0.15) is 24.5 Å². The van der Waals surface area contributed by atoms with Gasteiger partial charge in [0.25, 0.3) is 5.91 Å². The predicted molar refractivity (Wildman–Crippen MR) is 163 cm³/mol. The lowest BCUT2D eigenvalue weighted by Crippen LogP contribution is -2.62. The Morgan fingerprint density at radius 1 is 0.977 bits per heavy atom. The van der Waals surface area contributed by atoms with E-state index in [1.54, 1.807) is 34.1 Å². The van der Waals surface area contributed by atoms with Gasteiger partial charge in [-0.25, -0.2) is 9.80 Å². The van der Waals surface area contributed by atoms with E-state index in [-0.39, 0.29) is 38.0 Å². The average Bonchev–Trinajstić information content (AvgIpc) is 3.38. The Hall–Kier alpha value is -5.40. The molecule has 0 aliphatic carbocycles. The number of nitrogens with one attached hydrogen (secondary N) is 1. The number of rotatable bonds is 8. The molecule has 4 aromatic rings. The van der Waals surface area contributed by atoms with Crippen molar-refractivity contribution in [1.82, 2.24) is 25.1 Å². The van der Waals surface area contributed by atoms with Gasteiger partial charge < -0.3 is 19.9 Å². The summed E-state index contributed by atoms with van der Waals surface area (Å²) >= 11 is 0. The van der Waals surface area contributed by atoms with Crippen LogP contribution in [0.4, 0.5) is 4.79 Å². The predicted octanol–water partition coefficient (Wildman–Crippen LogP) is 4.05. The minimum Gasteiger partial charge on any atom is -0.497 e. The number of urea groups is 1. The van der Waals surface area contributed by atoms with Crippen molar-refractivity contribution in [3.63, 3.8) is 0 Å². The second kappa shape index (κ2) is 12.5. The second-order valence-electron chi connectivity index (χ2n) is 10.8. The molecule has 4 amide bonds. The lowest BCUT2D eigenvalue weighted by molar-refractivity contribution is -0.158. The molecule has 1 N–H and O–H groups in total. The molecular formula is C34H32N6O4. The smallest absolute Gasteiger partial charge is 0.333 e. The van der Waals surface area contributed by atoms with Gasteiger partial charge in [0.05, 0.1) is 26.3 Å². The van der Waals surface area contributed by atoms with Crippen LogP contribution in [0.5, 0.6) is 5.75 Å². The van der Waals surface area contributed by atoms with Gasteiger partial charge >= 0.3 is 6.03 Å². The van der Waals surface area contributed by atoms with Gasteiger partial charge in [0.15, 0.2) is 0 Å². The Bertz CT molecular complexity index is 1720. The fourth-order valence-corrected chi connectivity index (χ4v) is 6.03. The van der Waals surface area contributed by atoms with E-state index in [2.05, 4.69) is 11.4 Å². The number of nitrogens with zero attached hydrogens (tertiary/aromatic N) is 5. The van der Waals surface area contributed by atoms with E-state index < -0.39 is 18.2 Å². The molecule has 44 heavy (non-hydrogen) atoms. The zero-order chi connectivity index (χ0) is 30.6. The molecule has 6 rings (SSSR count). The van der Waals surface area contributed by atoms with E-state index in [1.807, 2.05) is 84.9 Å². The first-order valence-electron chi connectivity index (χ1n) is 14.4. The topological polar surface area (TPSA) is 109 Å². The summed E-state index contributed by atoms with van der Waals surface area (Å²) in [6.45, 7) is 0.322. The Labute approximate surface area is 255 Å². The molecule has 0 radical (unpaired) electrons. The molecule has 0 saturated carbocycles. The van der Waals surface area contributed by atoms with Gasteiger partial charge in [-0.05, 0) is 39.6 Å². The Morgan fingerprint density at radius 3 is 2.45 bits per heavy atom. The van der Waals surface area contributed by atoms with E-state index in [0.29, 0.717) is 17.9 Å². The van der Waals surface area contributed by atoms with Gasteiger partial charge in [0, 0.05) is 13.1 Å². The Morgan fingerprint density at radius 2 is 1.70 bits per heavy atom. The van der Waals surface area contributed by atoms with Crippen LogP contribution < -0.4 is 10.1 Å². The number of ether oxygens (including phenoxy) is 1. The quantitative estimate of drug-likeness (QED) is 0.311. The molecule has 2 fully saturated rings. The van der Waals surface area contributed by atoms with Crippen molar-refractivity contribution in [1.29, 1.82) is 5.26 Å². The van der Waals surface area contributed by atoms with E-state index in [4.69, 9.17) is 4.74 Å². The number of benzene rings is 4. The maximum atomic E-state index is 14.2. The van der Waals surface area contributed by atoms with Crippen LogP contribution in [0.2, 0.25) is 0 Å². The molecule has 222 valence electrons. The van der Waals surface area contributed by atoms with Gasteiger partial charge in [-0.2, -0.15) is 10.3 Å². The fourth-order valence-electron chi connectivity index (χ4n) is 6.03. The van der Waals surface area contributed by atoms with Crippen molar-refractivity contribution in [3.8, 4) is 11.8 Å². The highest BCUT2D eigenvalue weighted by Crippen LogP contribution is 2.36. The Balaban J connectivity index is 1.31. The number of hydrogen-bond acceptors (Lipinski definition) is 6. The maximum absolute atomic E-state index is 14.2. The number of methoxy groups -OCH3 is 1. The summed E-state index contributed by atoms with van der Waals surface area (Å²) < 4.78 is 5.21. The zero-order valence-corrected chi connectivity index (χ0v) is 24.3. The third-order valence-corrected chi connectivity index (χ3v) is 8.18. The highest BCUT2D eigenvalue weighted by molar-refractivity contribution is 5.93. The fraction of sp³-hybridized carbons (Fsp3) is 0.235. The summed E-state index contributed by atoms with van der Waals surface area (Å²) in [5, 5.41) is 17.6. The second-order valence-corrected chi connectivity index (χ2v) is 10.8. The number of piperazine rings is 1. The number of hydrogen-bond donors (Lipinski definition) is 1. The molecule has 2 heterocycles. The SMILES string of the molecule is COc1ccc(CNC(=O)N(CC#N)N2CC(=O)N3[C@@H](c4ccccc4)C(=O)N(Cc4cccc5ccccc45)C[C@@H]32)cc1. The third-order valence-electron chi connectivity index (χ3n) is 8.18. The zero-order valence-electron chi connectivity index (χ0n) is 24.3. The van der Waals surface area contributed by atoms with Crippen molar-refractivity contribution < 1.29 is 19.1 Å². The minimum atomic E-state index is -0.867. The maximum Gasteiger partial charge on any atom is 0.333 e. The highest BCUT2D eigenvalue weighted by atomic mass is 16.5. The molecule has 10 nitrogen and oxygen atoms in total. The number of hydrazine groups is 1. The summed E-state index contributed by atoms with van der Waals surface area (Å²) in [5.74, 6) is 0.231. The first-order chi connectivity index (χ1) is 21.5. The average molecular weight is 589 g/mol. The normalized spacial score (nSPS) is 18.2. The van der Waals surface area contributed by atoms with Crippen LogP contribution >= 0.6 is 0 Å². The summed E-state index contributed by atoms with van der Waals surface area (Å²) in [5.41, 5.74) is 2.53. The molecule has 2 aliphatic heterocycles. The first-order valence-corrected chi connectivity index (χ1v) is 14.4. The largest absolute Gasteiger partial charge is 0.497 e. The summed E-state index contributed by atoms with van der Waals surface area (Å²) in [4.78, 5) is 44.6. The Kier molecular flexibility index (Phi) is 8.12. The number of carbonyl (C=O) groups excluding carboxylic acids is 3. The van der Waals surface area contributed by atoms with Crippen LogP contribution in [0.1, 0.15) is 22.7 Å². The van der Waals surface area contributed by atoms with Crippen LogP contribution in [-0.2, 0) is 22.7 Å².